The average molecular weight is 260 g/mol. The first-order valence-corrected chi connectivity index (χ1v) is 5.59. The van der Waals surface area contributed by atoms with E-state index in [-0.39, 0.29) is 18.9 Å². The van der Waals surface area contributed by atoms with Crippen molar-refractivity contribution in [1.82, 2.24) is 5.32 Å². The minimum absolute atomic E-state index is 0.253. The normalized spacial score (nSPS) is 11.5. The summed E-state index contributed by atoms with van der Waals surface area (Å²) in [4.78, 5) is 10.8. The summed E-state index contributed by atoms with van der Waals surface area (Å²) in [6.45, 7) is 3.73. The highest BCUT2D eigenvalue weighted by Crippen LogP contribution is 2.16. The molecule has 0 heterocycles. The average Bonchev–Trinajstić information content (AvgIpc) is 2.22. The Morgan fingerprint density at radius 2 is 2.18 bits per heavy atom. The van der Waals surface area contributed by atoms with Gasteiger partial charge in [0, 0.05) is 23.7 Å². The number of nitrogens with one attached hydrogen (secondary N) is 1. The van der Waals surface area contributed by atoms with Crippen LogP contribution in [0.4, 0.5) is 4.39 Å². The summed E-state index contributed by atoms with van der Waals surface area (Å²) in [5.41, 5.74) is -0.451. The number of benzene rings is 1. The minimum atomic E-state index is -0.892. The summed E-state index contributed by atoms with van der Waals surface area (Å²) in [6.07, 6.45) is 0. The van der Waals surface area contributed by atoms with Crippen LogP contribution in [0.2, 0.25) is 5.02 Å². The summed E-state index contributed by atoms with van der Waals surface area (Å²) in [5, 5.41) is 12.3. The molecule has 0 aliphatic carbocycles. The molecule has 0 saturated carbocycles. The van der Waals surface area contributed by atoms with E-state index in [4.69, 9.17) is 16.7 Å². The van der Waals surface area contributed by atoms with E-state index in [1.54, 1.807) is 13.8 Å². The molecule has 0 radical (unpaired) electrons. The second-order valence-corrected chi connectivity index (χ2v) is 4.96. The van der Waals surface area contributed by atoms with Crippen LogP contribution in [0.3, 0.4) is 0 Å². The maximum Gasteiger partial charge on any atom is 0.310 e. The number of hydrogen-bond donors (Lipinski definition) is 2. The first kappa shape index (κ1) is 13.9. The molecule has 0 aliphatic rings. The summed E-state index contributed by atoms with van der Waals surface area (Å²) < 4.78 is 13.3. The van der Waals surface area contributed by atoms with Gasteiger partial charge in [-0.05, 0) is 32.0 Å². The van der Waals surface area contributed by atoms with Crippen molar-refractivity contribution in [2.75, 3.05) is 6.54 Å². The Morgan fingerprint density at radius 3 is 2.76 bits per heavy atom. The van der Waals surface area contributed by atoms with Gasteiger partial charge < -0.3 is 10.4 Å². The maximum atomic E-state index is 13.3. The molecule has 5 heteroatoms. The quantitative estimate of drug-likeness (QED) is 0.855. The molecule has 0 aromatic heterocycles. The zero-order valence-electron chi connectivity index (χ0n) is 9.76. The highest BCUT2D eigenvalue weighted by atomic mass is 35.5. The Labute approximate surface area is 105 Å². The lowest BCUT2D eigenvalue weighted by Gasteiger charge is -2.19. The molecular weight excluding hydrogens is 245 g/mol. The predicted molar refractivity (Wildman–Crippen MR) is 64.5 cm³/mol. The monoisotopic (exact) mass is 259 g/mol. The lowest BCUT2D eigenvalue weighted by atomic mass is 9.94. The molecule has 3 nitrogen and oxygen atoms in total. The van der Waals surface area contributed by atoms with Crippen LogP contribution in [-0.4, -0.2) is 17.6 Å². The number of carboxylic acids is 1. The molecule has 17 heavy (non-hydrogen) atoms. The summed E-state index contributed by atoms with van der Waals surface area (Å²) >= 11 is 5.75. The fourth-order valence-electron chi connectivity index (χ4n) is 1.26. The number of carbonyl (C=O) groups is 1. The number of hydrogen-bond acceptors (Lipinski definition) is 2. The highest BCUT2D eigenvalue weighted by Gasteiger charge is 2.26. The topological polar surface area (TPSA) is 49.3 Å². The molecule has 0 fully saturated rings. The zero-order valence-corrected chi connectivity index (χ0v) is 10.5. The zero-order chi connectivity index (χ0) is 13.1. The van der Waals surface area contributed by atoms with Crippen LogP contribution in [-0.2, 0) is 11.3 Å². The first-order chi connectivity index (χ1) is 7.83. The van der Waals surface area contributed by atoms with Crippen molar-refractivity contribution in [3.63, 3.8) is 0 Å². The number of carboxylic acid groups (broad SMARTS) is 1. The van der Waals surface area contributed by atoms with Crippen molar-refractivity contribution < 1.29 is 14.3 Å². The van der Waals surface area contributed by atoms with E-state index >= 15 is 0 Å². The van der Waals surface area contributed by atoms with E-state index in [2.05, 4.69) is 5.32 Å². The van der Waals surface area contributed by atoms with E-state index in [1.807, 2.05) is 0 Å². The second-order valence-electron chi connectivity index (χ2n) is 4.53. The van der Waals surface area contributed by atoms with Crippen molar-refractivity contribution in [2.45, 2.75) is 20.4 Å². The largest absolute Gasteiger partial charge is 0.481 e. The van der Waals surface area contributed by atoms with Crippen LogP contribution in [0, 0.1) is 11.2 Å². The van der Waals surface area contributed by atoms with Gasteiger partial charge in [-0.15, -0.1) is 0 Å². The minimum Gasteiger partial charge on any atom is -0.481 e. The van der Waals surface area contributed by atoms with Gasteiger partial charge in [-0.3, -0.25) is 4.79 Å². The van der Waals surface area contributed by atoms with Crippen LogP contribution >= 0.6 is 11.6 Å². The Kier molecular flexibility index (Phi) is 4.48. The van der Waals surface area contributed by atoms with Crippen LogP contribution < -0.4 is 5.32 Å². The van der Waals surface area contributed by atoms with Gasteiger partial charge in [0.05, 0.1) is 5.41 Å². The van der Waals surface area contributed by atoms with Gasteiger partial charge >= 0.3 is 5.97 Å². The second kappa shape index (κ2) is 5.47. The van der Waals surface area contributed by atoms with E-state index < -0.39 is 11.4 Å². The SMILES string of the molecule is CC(C)(CNCc1cc(Cl)ccc1F)C(=O)O. The van der Waals surface area contributed by atoms with E-state index in [0.29, 0.717) is 10.6 Å². The standard InChI is InChI=1S/C12H15ClFNO2/c1-12(2,11(16)17)7-15-6-8-5-9(13)3-4-10(8)14/h3-5,15H,6-7H2,1-2H3,(H,16,17). The van der Waals surface area contributed by atoms with Gasteiger partial charge in [0.2, 0.25) is 0 Å². The fourth-order valence-corrected chi connectivity index (χ4v) is 1.46. The summed E-state index contributed by atoms with van der Waals surface area (Å²) in [5.74, 6) is -1.24. The van der Waals surface area contributed by atoms with Crippen molar-refractivity contribution in [3.8, 4) is 0 Å². The molecule has 0 bridgehead atoms. The lowest BCUT2D eigenvalue weighted by molar-refractivity contribution is -0.146. The molecule has 0 saturated heterocycles. The molecule has 1 aromatic carbocycles. The Hall–Kier alpha value is -1.13. The van der Waals surface area contributed by atoms with Gasteiger partial charge in [0.15, 0.2) is 0 Å². The van der Waals surface area contributed by atoms with E-state index in [9.17, 15) is 9.18 Å². The number of halogens is 2. The van der Waals surface area contributed by atoms with Crippen LogP contribution in [0.25, 0.3) is 0 Å². The molecule has 0 unspecified atom stereocenters. The van der Waals surface area contributed by atoms with Crippen molar-refractivity contribution >= 4 is 17.6 Å². The van der Waals surface area contributed by atoms with Gasteiger partial charge in [0.25, 0.3) is 0 Å². The number of aliphatic carboxylic acids is 1. The fraction of sp³-hybridized carbons (Fsp3) is 0.417. The third kappa shape index (κ3) is 3.98. The van der Waals surface area contributed by atoms with Gasteiger partial charge in [-0.1, -0.05) is 11.6 Å². The molecule has 2 N–H and O–H groups in total. The highest BCUT2D eigenvalue weighted by molar-refractivity contribution is 6.30. The molecular formula is C12H15ClFNO2. The van der Waals surface area contributed by atoms with Crippen LogP contribution in [0.5, 0.6) is 0 Å². The third-order valence-electron chi connectivity index (χ3n) is 2.47. The summed E-state index contributed by atoms with van der Waals surface area (Å²) in [7, 11) is 0. The van der Waals surface area contributed by atoms with Gasteiger partial charge in [-0.25, -0.2) is 4.39 Å². The predicted octanol–water partition coefficient (Wildman–Crippen LogP) is 2.68. The van der Waals surface area contributed by atoms with Crippen molar-refractivity contribution in [2.24, 2.45) is 5.41 Å². The number of rotatable bonds is 5. The van der Waals surface area contributed by atoms with Gasteiger partial charge in [0.1, 0.15) is 5.82 Å². The van der Waals surface area contributed by atoms with Crippen molar-refractivity contribution in [1.29, 1.82) is 0 Å². The molecule has 0 spiro atoms. The molecule has 1 aromatic rings. The molecule has 1 rings (SSSR count). The Morgan fingerprint density at radius 1 is 1.53 bits per heavy atom. The molecule has 94 valence electrons. The lowest BCUT2D eigenvalue weighted by Crippen LogP contribution is -2.35. The van der Waals surface area contributed by atoms with Crippen LogP contribution in [0.15, 0.2) is 18.2 Å². The Bertz CT molecular complexity index is 421. The first-order valence-electron chi connectivity index (χ1n) is 5.21. The Balaban J connectivity index is 2.57. The van der Waals surface area contributed by atoms with Gasteiger partial charge in [-0.2, -0.15) is 0 Å². The van der Waals surface area contributed by atoms with Crippen molar-refractivity contribution in [3.05, 3.63) is 34.6 Å². The maximum absolute atomic E-state index is 13.3. The third-order valence-corrected chi connectivity index (χ3v) is 2.70. The smallest absolute Gasteiger partial charge is 0.310 e. The van der Waals surface area contributed by atoms with E-state index in [1.165, 1.54) is 18.2 Å². The molecule has 0 atom stereocenters. The molecule has 0 amide bonds. The van der Waals surface area contributed by atoms with E-state index in [0.717, 1.165) is 0 Å². The molecule has 0 aliphatic heterocycles. The van der Waals surface area contributed by atoms with Crippen LogP contribution in [0.1, 0.15) is 19.4 Å². The summed E-state index contributed by atoms with van der Waals surface area (Å²) in [6, 6.07) is 4.29.